The Balaban J connectivity index is 4.38. The SMILES string of the molecule is CCC(C)(OCCC(C)(C)OC(=O)COCN)C(=O)COCC(C)N. The Morgan fingerprint density at radius 3 is 2.28 bits per heavy atom. The zero-order valence-electron chi connectivity index (χ0n) is 16.1. The summed E-state index contributed by atoms with van der Waals surface area (Å²) in [6.07, 6.45) is 0.947. The average Bonchev–Trinajstić information content (AvgIpc) is 2.51. The highest BCUT2D eigenvalue weighted by molar-refractivity contribution is 5.88. The molecule has 0 saturated carbocycles. The largest absolute Gasteiger partial charge is 0.458 e. The maximum Gasteiger partial charge on any atom is 0.332 e. The molecule has 4 N–H and O–H groups in total. The van der Waals surface area contributed by atoms with Gasteiger partial charge >= 0.3 is 5.97 Å². The van der Waals surface area contributed by atoms with Gasteiger partial charge in [0.15, 0.2) is 5.78 Å². The molecular formula is C17H34N2O6. The summed E-state index contributed by atoms with van der Waals surface area (Å²) >= 11 is 0. The molecule has 0 aliphatic rings. The van der Waals surface area contributed by atoms with E-state index in [1.54, 1.807) is 20.8 Å². The van der Waals surface area contributed by atoms with Crippen LogP contribution in [0.1, 0.15) is 47.5 Å². The second-order valence-corrected chi connectivity index (χ2v) is 6.85. The van der Waals surface area contributed by atoms with Gasteiger partial charge in [-0.25, -0.2) is 4.79 Å². The third-order valence-corrected chi connectivity index (χ3v) is 3.73. The Hall–Kier alpha value is -1.06. The summed E-state index contributed by atoms with van der Waals surface area (Å²) in [6, 6.07) is -0.125. The van der Waals surface area contributed by atoms with Crippen molar-refractivity contribution in [3.63, 3.8) is 0 Å². The van der Waals surface area contributed by atoms with Crippen LogP contribution in [0.25, 0.3) is 0 Å². The van der Waals surface area contributed by atoms with Crippen LogP contribution in [0, 0.1) is 0 Å². The lowest BCUT2D eigenvalue weighted by Gasteiger charge is -2.30. The van der Waals surface area contributed by atoms with E-state index in [1.165, 1.54) is 0 Å². The first-order chi connectivity index (χ1) is 11.6. The Morgan fingerprint density at radius 2 is 1.76 bits per heavy atom. The molecule has 0 bridgehead atoms. The Kier molecular flexibility index (Phi) is 11.0. The smallest absolute Gasteiger partial charge is 0.332 e. The summed E-state index contributed by atoms with van der Waals surface area (Å²) in [5.41, 5.74) is 9.08. The zero-order chi connectivity index (χ0) is 19.5. The molecule has 0 saturated heterocycles. The predicted octanol–water partition coefficient (Wildman–Crippen LogP) is 0.749. The second-order valence-electron chi connectivity index (χ2n) is 6.85. The minimum Gasteiger partial charge on any atom is -0.458 e. The van der Waals surface area contributed by atoms with E-state index in [-0.39, 0.29) is 38.4 Å². The molecule has 0 aromatic carbocycles. The summed E-state index contributed by atoms with van der Waals surface area (Å²) in [5, 5.41) is 0. The maximum atomic E-state index is 12.3. The lowest BCUT2D eigenvalue weighted by Crippen LogP contribution is -2.42. The highest BCUT2D eigenvalue weighted by Gasteiger charge is 2.33. The number of carbonyl (C=O) groups excluding carboxylic acids is 2. The van der Waals surface area contributed by atoms with Crippen LogP contribution in [0.2, 0.25) is 0 Å². The molecule has 0 spiro atoms. The molecule has 2 unspecified atom stereocenters. The van der Waals surface area contributed by atoms with Gasteiger partial charge in [0.1, 0.15) is 24.4 Å². The van der Waals surface area contributed by atoms with Crippen LogP contribution in [-0.4, -0.2) is 62.2 Å². The van der Waals surface area contributed by atoms with Crippen LogP contribution in [0.3, 0.4) is 0 Å². The minimum atomic E-state index is -0.944. The zero-order valence-corrected chi connectivity index (χ0v) is 16.1. The summed E-state index contributed by atoms with van der Waals surface area (Å²) in [5.74, 6) is -0.629. The molecule has 25 heavy (non-hydrogen) atoms. The van der Waals surface area contributed by atoms with Crippen LogP contribution in [-0.2, 0) is 28.5 Å². The quantitative estimate of drug-likeness (QED) is 0.343. The van der Waals surface area contributed by atoms with Crippen LogP contribution >= 0.6 is 0 Å². The van der Waals surface area contributed by atoms with Crippen LogP contribution in [0.15, 0.2) is 0 Å². The first-order valence-electron chi connectivity index (χ1n) is 8.56. The van der Waals surface area contributed by atoms with E-state index in [0.717, 1.165) is 0 Å². The van der Waals surface area contributed by atoms with Crippen LogP contribution in [0.4, 0.5) is 0 Å². The molecule has 0 heterocycles. The molecule has 0 aromatic heterocycles. The highest BCUT2D eigenvalue weighted by Crippen LogP contribution is 2.21. The van der Waals surface area contributed by atoms with Gasteiger partial charge in [-0.15, -0.1) is 0 Å². The van der Waals surface area contributed by atoms with E-state index in [1.807, 2.05) is 13.8 Å². The fraction of sp³-hybridized carbons (Fsp3) is 0.882. The van der Waals surface area contributed by atoms with E-state index in [0.29, 0.717) is 19.4 Å². The summed E-state index contributed by atoms with van der Waals surface area (Å²) in [4.78, 5) is 23.9. The topological polar surface area (TPSA) is 123 Å². The number of hydrogen-bond donors (Lipinski definition) is 2. The van der Waals surface area contributed by atoms with Crippen LogP contribution in [0.5, 0.6) is 0 Å². The molecule has 0 aliphatic heterocycles. The van der Waals surface area contributed by atoms with Crippen LogP contribution < -0.4 is 11.5 Å². The van der Waals surface area contributed by atoms with Crippen molar-refractivity contribution in [1.29, 1.82) is 0 Å². The second kappa shape index (κ2) is 11.5. The fourth-order valence-corrected chi connectivity index (χ4v) is 1.92. The molecule has 2 atom stereocenters. The average molecular weight is 362 g/mol. The Labute approximate surface area is 150 Å². The lowest BCUT2D eigenvalue weighted by molar-refractivity contribution is -0.166. The van der Waals surface area contributed by atoms with E-state index < -0.39 is 17.2 Å². The predicted molar refractivity (Wildman–Crippen MR) is 93.9 cm³/mol. The van der Waals surface area contributed by atoms with Crippen molar-refractivity contribution in [2.45, 2.75) is 64.7 Å². The number of esters is 1. The van der Waals surface area contributed by atoms with Crippen molar-refractivity contribution in [2.75, 3.05) is 33.2 Å². The first-order valence-corrected chi connectivity index (χ1v) is 8.56. The molecule has 8 heteroatoms. The van der Waals surface area contributed by atoms with Gasteiger partial charge in [0.25, 0.3) is 0 Å². The van der Waals surface area contributed by atoms with E-state index in [2.05, 4.69) is 0 Å². The number of hydrogen-bond acceptors (Lipinski definition) is 8. The van der Waals surface area contributed by atoms with E-state index in [4.69, 9.17) is 30.4 Å². The van der Waals surface area contributed by atoms with Crippen molar-refractivity contribution in [2.24, 2.45) is 11.5 Å². The molecule has 0 aromatic rings. The number of nitrogens with two attached hydrogens (primary N) is 2. The number of ether oxygens (including phenoxy) is 4. The molecule has 0 amide bonds. The van der Waals surface area contributed by atoms with Gasteiger partial charge in [-0.1, -0.05) is 6.92 Å². The maximum absolute atomic E-state index is 12.3. The third-order valence-electron chi connectivity index (χ3n) is 3.73. The van der Waals surface area contributed by atoms with E-state index >= 15 is 0 Å². The summed E-state index contributed by atoms with van der Waals surface area (Å²) < 4.78 is 21.2. The number of rotatable bonds is 14. The Morgan fingerprint density at radius 1 is 1.12 bits per heavy atom. The van der Waals surface area contributed by atoms with Gasteiger partial charge in [0.2, 0.25) is 0 Å². The fourth-order valence-electron chi connectivity index (χ4n) is 1.92. The van der Waals surface area contributed by atoms with Crippen molar-refractivity contribution in [3.8, 4) is 0 Å². The monoisotopic (exact) mass is 362 g/mol. The molecule has 148 valence electrons. The first kappa shape index (κ1) is 23.9. The number of carbonyl (C=O) groups is 2. The van der Waals surface area contributed by atoms with E-state index in [9.17, 15) is 9.59 Å². The normalized spacial score (nSPS) is 15.5. The molecule has 0 rings (SSSR count). The van der Waals surface area contributed by atoms with Crippen molar-refractivity contribution < 1.29 is 28.5 Å². The van der Waals surface area contributed by atoms with Gasteiger partial charge in [-0.05, 0) is 34.1 Å². The van der Waals surface area contributed by atoms with Gasteiger partial charge in [-0.3, -0.25) is 4.79 Å². The van der Waals surface area contributed by atoms with Gasteiger partial charge in [-0.2, -0.15) is 0 Å². The molecule has 8 nitrogen and oxygen atoms in total. The molecular weight excluding hydrogens is 328 g/mol. The van der Waals surface area contributed by atoms with Gasteiger partial charge in [0.05, 0.1) is 19.9 Å². The van der Waals surface area contributed by atoms with Gasteiger partial charge < -0.3 is 30.4 Å². The number of ketones is 1. The highest BCUT2D eigenvalue weighted by atomic mass is 16.6. The molecule has 0 aliphatic carbocycles. The van der Waals surface area contributed by atoms with Crippen molar-refractivity contribution in [1.82, 2.24) is 0 Å². The Bertz CT molecular complexity index is 414. The minimum absolute atomic E-state index is 0.0410. The molecule has 0 fully saturated rings. The summed E-state index contributed by atoms with van der Waals surface area (Å²) in [7, 11) is 0. The van der Waals surface area contributed by atoms with Gasteiger partial charge in [0, 0.05) is 12.5 Å². The van der Waals surface area contributed by atoms with Crippen molar-refractivity contribution >= 4 is 11.8 Å². The lowest BCUT2D eigenvalue weighted by atomic mass is 9.97. The van der Waals surface area contributed by atoms with Crippen molar-refractivity contribution in [3.05, 3.63) is 0 Å². The third kappa shape index (κ3) is 10.5. The summed E-state index contributed by atoms with van der Waals surface area (Å²) in [6.45, 7) is 9.27. The standard InChI is InChI=1S/C17H34N2O6/c1-6-17(5,14(20)10-22-9-13(2)19)24-8-7-16(3,4)25-15(21)11-23-12-18/h13H,6-12,18-19H2,1-5H3. The molecule has 0 radical (unpaired) electrons. The number of Topliss-reactive ketones (excluding diaryl/α,β-unsaturated/α-hetero) is 1.